The zero-order chi connectivity index (χ0) is 23.2. The van der Waals surface area contributed by atoms with Crippen LogP contribution in [0, 0.1) is 0 Å². The van der Waals surface area contributed by atoms with Gasteiger partial charge in [0.15, 0.2) is 16.7 Å². The normalized spacial score (nSPS) is 15.5. The van der Waals surface area contributed by atoms with Gasteiger partial charge < -0.3 is 19.5 Å². The lowest BCUT2D eigenvalue weighted by Crippen LogP contribution is -2.19. The number of aliphatic imine (C=N–C) groups is 1. The third-order valence-electron chi connectivity index (χ3n) is 4.75. The topological polar surface area (TPSA) is 69.2 Å². The second-order valence-electron chi connectivity index (χ2n) is 7.01. The lowest BCUT2D eigenvalue weighted by molar-refractivity contribution is -0.115. The van der Waals surface area contributed by atoms with E-state index in [0.29, 0.717) is 33.2 Å². The predicted octanol–water partition coefficient (Wildman–Crippen LogP) is 5.83. The van der Waals surface area contributed by atoms with E-state index in [1.165, 1.54) is 11.8 Å². The Morgan fingerprint density at radius 2 is 1.73 bits per heavy atom. The number of thioether (sulfide) groups is 1. The first kappa shape index (κ1) is 22.8. The third kappa shape index (κ3) is 5.88. The summed E-state index contributed by atoms with van der Waals surface area (Å²) >= 11 is 7.21. The number of carbonyl (C=O) groups is 1. The van der Waals surface area contributed by atoms with Crippen LogP contribution >= 0.6 is 23.4 Å². The summed E-state index contributed by atoms with van der Waals surface area (Å²) in [5.41, 5.74) is 2.54. The van der Waals surface area contributed by atoms with Gasteiger partial charge in [-0.15, -0.1) is 0 Å². The van der Waals surface area contributed by atoms with Gasteiger partial charge in [-0.05, 0) is 77.5 Å². The van der Waals surface area contributed by atoms with Crippen molar-refractivity contribution in [2.45, 2.75) is 6.61 Å². The highest BCUT2D eigenvalue weighted by Gasteiger charge is 2.24. The Morgan fingerprint density at radius 1 is 0.970 bits per heavy atom. The molecule has 0 aromatic heterocycles. The van der Waals surface area contributed by atoms with Crippen molar-refractivity contribution in [2.24, 2.45) is 4.99 Å². The van der Waals surface area contributed by atoms with Crippen molar-refractivity contribution in [3.8, 4) is 17.2 Å². The zero-order valence-corrected chi connectivity index (χ0v) is 19.6. The van der Waals surface area contributed by atoms with E-state index in [1.807, 2.05) is 66.7 Å². The van der Waals surface area contributed by atoms with Gasteiger partial charge in [0.2, 0.25) is 0 Å². The Balaban J connectivity index is 1.46. The SMILES string of the molecule is COc1ccc(N=C2NC(=O)/C(=C/c3ccc(OCc4ccc(Cl)cc4)c(OC)c3)S2)cc1. The molecule has 0 radical (unpaired) electrons. The fourth-order valence-corrected chi connectivity index (χ4v) is 4.01. The third-order valence-corrected chi connectivity index (χ3v) is 5.91. The number of amides is 1. The van der Waals surface area contributed by atoms with Crippen LogP contribution in [0.5, 0.6) is 17.2 Å². The van der Waals surface area contributed by atoms with Gasteiger partial charge in [-0.1, -0.05) is 29.8 Å². The molecule has 3 aromatic carbocycles. The molecule has 4 rings (SSSR count). The van der Waals surface area contributed by atoms with Gasteiger partial charge in [0, 0.05) is 5.02 Å². The van der Waals surface area contributed by atoms with E-state index in [4.69, 9.17) is 25.8 Å². The van der Waals surface area contributed by atoms with E-state index in [9.17, 15) is 4.79 Å². The number of ether oxygens (including phenoxy) is 3. The van der Waals surface area contributed by atoms with Gasteiger partial charge in [-0.2, -0.15) is 0 Å². The van der Waals surface area contributed by atoms with E-state index in [2.05, 4.69) is 10.3 Å². The van der Waals surface area contributed by atoms with Crippen LogP contribution in [0.1, 0.15) is 11.1 Å². The number of nitrogens with zero attached hydrogens (tertiary/aromatic N) is 1. The molecule has 0 bridgehead atoms. The first-order valence-corrected chi connectivity index (χ1v) is 11.2. The second kappa shape index (κ2) is 10.5. The first-order chi connectivity index (χ1) is 16.0. The molecular weight excluding hydrogens is 460 g/mol. The van der Waals surface area contributed by atoms with Crippen molar-refractivity contribution in [1.82, 2.24) is 5.32 Å². The molecule has 1 aliphatic rings. The average Bonchev–Trinajstić information content (AvgIpc) is 3.17. The van der Waals surface area contributed by atoms with Gasteiger partial charge in [0.05, 0.1) is 24.8 Å². The molecule has 0 unspecified atom stereocenters. The van der Waals surface area contributed by atoms with E-state index in [0.717, 1.165) is 22.6 Å². The van der Waals surface area contributed by atoms with Crippen LogP contribution in [-0.4, -0.2) is 25.3 Å². The van der Waals surface area contributed by atoms with E-state index in [1.54, 1.807) is 20.3 Å². The Morgan fingerprint density at radius 3 is 2.42 bits per heavy atom. The molecule has 1 fully saturated rings. The minimum atomic E-state index is -0.200. The number of benzene rings is 3. The van der Waals surface area contributed by atoms with Gasteiger partial charge in [0.25, 0.3) is 5.91 Å². The molecule has 1 amide bonds. The Hall–Kier alpha value is -3.42. The van der Waals surface area contributed by atoms with Crippen molar-refractivity contribution in [3.05, 3.63) is 87.8 Å². The summed E-state index contributed by atoms with van der Waals surface area (Å²) < 4.78 is 16.5. The van der Waals surface area contributed by atoms with Crippen LogP contribution in [-0.2, 0) is 11.4 Å². The van der Waals surface area contributed by atoms with Gasteiger partial charge in [-0.25, -0.2) is 4.99 Å². The van der Waals surface area contributed by atoms with Gasteiger partial charge >= 0.3 is 0 Å². The zero-order valence-electron chi connectivity index (χ0n) is 18.0. The Labute approximate surface area is 201 Å². The number of nitrogens with one attached hydrogen (secondary N) is 1. The fourth-order valence-electron chi connectivity index (χ4n) is 3.04. The van der Waals surface area contributed by atoms with E-state index < -0.39 is 0 Å². The van der Waals surface area contributed by atoms with Crippen molar-refractivity contribution >= 4 is 46.2 Å². The molecule has 1 N–H and O–H groups in total. The summed E-state index contributed by atoms with van der Waals surface area (Å²) in [5.74, 6) is 1.74. The summed E-state index contributed by atoms with van der Waals surface area (Å²) in [6.45, 7) is 0.386. The summed E-state index contributed by atoms with van der Waals surface area (Å²) in [7, 11) is 3.19. The smallest absolute Gasteiger partial charge is 0.264 e. The molecule has 3 aromatic rings. The van der Waals surface area contributed by atoms with Crippen LogP contribution in [0.4, 0.5) is 5.69 Å². The summed E-state index contributed by atoms with van der Waals surface area (Å²) in [6.07, 6.45) is 1.79. The van der Waals surface area contributed by atoms with Crippen molar-refractivity contribution in [3.63, 3.8) is 0 Å². The van der Waals surface area contributed by atoms with Gasteiger partial charge in [0.1, 0.15) is 12.4 Å². The summed E-state index contributed by atoms with van der Waals surface area (Å²) in [5, 5.41) is 3.99. The number of halogens is 1. The van der Waals surface area contributed by atoms with Crippen molar-refractivity contribution < 1.29 is 19.0 Å². The highest BCUT2D eigenvalue weighted by atomic mass is 35.5. The molecule has 0 saturated carbocycles. The molecule has 1 aliphatic heterocycles. The molecule has 1 saturated heterocycles. The largest absolute Gasteiger partial charge is 0.497 e. The van der Waals surface area contributed by atoms with Crippen molar-refractivity contribution in [1.29, 1.82) is 0 Å². The lowest BCUT2D eigenvalue weighted by atomic mass is 10.2. The summed E-state index contributed by atoms with van der Waals surface area (Å²) in [4.78, 5) is 17.4. The molecule has 33 heavy (non-hydrogen) atoms. The summed E-state index contributed by atoms with van der Waals surface area (Å²) in [6, 6.07) is 20.3. The second-order valence-corrected chi connectivity index (χ2v) is 8.47. The molecule has 0 atom stereocenters. The molecule has 0 aliphatic carbocycles. The number of hydrogen-bond acceptors (Lipinski definition) is 6. The van der Waals surface area contributed by atoms with Gasteiger partial charge in [-0.3, -0.25) is 4.79 Å². The fraction of sp³-hybridized carbons (Fsp3) is 0.120. The maximum atomic E-state index is 12.4. The monoisotopic (exact) mass is 480 g/mol. The van der Waals surface area contributed by atoms with Crippen molar-refractivity contribution in [2.75, 3.05) is 14.2 Å². The number of amidine groups is 1. The lowest BCUT2D eigenvalue weighted by Gasteiger charge is -2.11. The molecule has 1 heterocycles. The molecular formula is C25H21ClN2O4S. The van der Waals surface area contributed by atoms with Crippen LogP contribution in [0.2, 0.25) is 5.02 Å². The number of carbonyl (C=O) groups excluding carboxylic acids is 1. The Bertz CT molecular complexity index is 1210. The highest BCUT2D eigenvalue weighted by molar-refractivity contribution is 8.18. The van der Waals surface area contributed by atoms with Crippen LogP contribution in [0.15, 0.2) is 76.6 Å². The van der Waals surface area contributed by atoms with E-state index in [-0.39, 0.29) is 5.91 Å². The molecule has 6 nitrogen and oxygen atoms in total. The number of methoxy groups -OCH3 is 2. The van der Waals surface area contributed by atoms with Crippen LogP contribution in [0.3, 0.4) is 0 Å². The minimum Gasteiger partial charge on any atom is -0.497 e. The highest BCUT2D eigenvalue weighted by Crippen LogP contribution is 2.33. The number of rotatable bonds is 7. The molecule has 8 heteroatoms. The maximum Gasteiger partial charge on any atom is 0.264 e. The maximum absolute atomic E-state index is 12.4. The standard InChI is InChI=1S/C25H21ClN2O4S/c1-30-20-10-8-19(9-11-20)27-25-28-24(29)23(33-25)14-17-5-12-21(22(13-17)31-2)32-15-16-3-6-18(26)7-4-16/h3-14H,15H2,1-2H3,(H,27,28,29)/b23-14-. The predicted molar refractivity (Wildman–Crippen MR) is 133 cm³/mol. The Kier molecular flexibility index (Phi) is 7.22. The van der Waals surface area contributed by atoms with Crippen LogP contribution < -0.4 is 19.5 Å². The number of hydrogen-bond donors (Lipinski definition) is 1. The minimum absolute atomic E-state index is 0.200. The van der Waals surface area contributed by atoms with Crippen LogP contribution in [0.25, 0.3) is 6.08 Å². The first-order valence-electron chi connectivity index (χ1n) is 10.0. The molecule has 0 spiro atoms. The quantitative estimate of drug-likeness (QED) is 0.431. The average molecular weight is 481 g/mol. The molecule has 168 valence electrons. The van der Waals surface area contributed by atoms with E-state index >= 15 is 0 Å².